The number of benzene rings is 2. The van der Waals surface area contributed by atoms with E-state index in [1.165, 1.54) is 11.8 Å². The zero-order chi connectivity index (χ0) is 19.2. The highest BCUT2D eigenvalue weighted by Crippen LogP contribution is 2.24. The van der Waals surface area contributed by atoms with E-state index in [1.807, 2.05) is 43.3 Å². The lowest BCUT2D eigenvalue weighted by molar-refractivity contribution is -0.120. The van der Waals surface area contributed by atoms with Gasteiger partial charge in [0.15, 0.2) is 0 Å². The van der Waals surface area contributed by atoms with Crippen LogP contribution in [-0.4, -0.2) is 38.5 Å². The fourth-order valence-electron chi connectivity index (χ4n) is 2.31. The van der Waals surface area contributed by atoms with Crippen molar-refractivity contribution >= 4 is 29.3 Å². The summed E-state index contributed by atoms with van der Waals surface area (Å²) in [5.41, 5.74) is 1.73. The Morgan fingerprint density at radius 3 is 2.78 bits per heavy atom. The third-order valence-electron chi connectivity index (χ3n) is 3.77. The lowest BCUT2D eigenvalue weighted by atomic mass is 10.2. The maximum absolute atomic E-state index is 12.4. The highest BCUT2D eigenvalue weighted by molar-refractivity contribution is 8.00. The number of methoxy groups -OCH3 is 1. The number of nitrogens with zero attached hydrogens (tertiary/aromatic N) is 4. The Kier molecular flexibility index (Phi) is 6.31. The molecule has 140 valence electrons. The number of ether oxygens (including phenoxy) is 1. The minimum absolute atomic E-state index is 0.100. The second-order valence-electron chi connectivity index (χ2n) is 5.68. The highest BCUT2D eigenvalue weighted by atomic mass is 35.5. The molecule has 3 rings (SSSR count). The van der Waals surface area contributed by atoms with Crippen molar-refractivity contribution in [1.82, 2.24) is 25.5 Å². The molecule has 1 amide bonds. The van der Waals surface area contributed by atoms with Crippen LogP contribution in [0.25, 0.3) is 5.69 Å². The molecule has 0 bridgehead atoms. The molecule has 3 aromatic rings. The van der Waals surface area contributed by atoms with Gasteiger partial charge in [0.25, 0.3) is 0 Å². The average molecular weight is 404 g/mol. The molecular weight excluding hydrogens is 386 g/mol. The van der Waals surface area contributed by atoms with Gasteiger partial charge in [-0.25, -0.2) is 0 Å². The van der Waals surface area contributed by atoms with E-state index in [0.717, 1.165) is 17.0 Å². The lowest BCUT2D eigenvalue weighted by Gasteiger charge is -2.12. The molecular formula is C18H18ClN5O2S. The first-order valence-electron chi connectivity index (χ1n) is 8.18. The van der Waals surface area contributed by atoms with E-state index in [0.29, 0.717) is 16.7 Å². The maximum Gasteiger partial charge on any atom is 0.233 e. The minimum atomic E-state index is -0.368. The molecule has 1 heterocycles. The van der Waals surface area contributed by atoms with Crippen molar-refractivity contribution in [1.29, 1.82) is 0 Å². The van der Waals surface area contributed by atoms with Gasteiger partial charge in [-0.1, -0.05) is 41.6 Å². The van der Waals surface area contributed by atoms with Crippen LogP contribution in [0.15, 0.2) is 53.7 Å². The fraction of sp³-hybridized carbons (Fsp3) is 0.222. The van der Waals surface area contributed by atoms with E-state index in [1.54, 1.807) is 23.9 Å². The van der Waals surface area contributed by atoms with Gasteiger partial charge >= 0.3 is 0 Å². The summed E-state index contributed by atoms with van der Waals surface area (Å²) in [6.07, 6.45) is 0. The second-order valence-corrected chi connectivity index (χ2v) is 7.42. The van der Waals surface area contributed by atoms with Crippen LogP contribution in [-0.2, 0) is 11.3 Å². The molecule has 7 nitrogen and oxygen atoms in total. The Morgan fingerprint density at radius 1 is 1.30 bits per heavy atom. The van der Waals surface area contributed by atoms with E-state index in [9.17, 15) is 4.79 Å². The molecule has 0 aliphatic carbocycles. The van der Waals surface area contributed by atoms with Gasteiger partial charge in [-0.3, -0.25) is 4.79 Å². The topological polar surface area (TPSA) is 81.9 Å². The van der Waals surface area contributed by atoms with E-state index < -0.39 is 0 Å². The van der Waals surface area contributed by atoms with Crippen LogP contribution in [0.3, 0.4) is 0 Å². The summed E-state index contributed by atoms with van der Waals surface area (Å²) in [6, 6.07) is 14.7. The molecule has 0 fully saturated rings. The minimum Gasteiger partial charge on any atom is -0.497 e. The first-order chi connectivity index (χ1) is 13.1. The Hall–Kier alpha value is -2.58. The molecule has 0 radical (unpaired) electrons. The fourth-order valence-corrected chi connectivity index (χ4v) is 3.33. The van der Waals surface area contributed by atoms with Crippen LogP contribution in [0.1, 0.15) is 12.5 Å². The van der Waals surface area contributed by atoms with Crippen molar-refractivity contribution < 1.29 is 9.53 Å². The van der Waals surface area contributed by atoms with E-state index in [-0.39, 0.29) is 11.2 Å². The Morgan fingerprint density at radius 2 is 2.07 bits per heavy atom. The molecule has 1 N–H and O–H groups in total. The van der Waals surface area contributed by atoms with Gasteiger partial charge in [0.2, 0.25) is 11.1 Å². The van der Waals surface area contributed by atoms with E-state index >= 15 is 0 Å². The maximum atomic E-state index is 12.4. The van der Waals surface area contributed by atoms with Crippen LogP contribution < -0.4 is 10.1 Å². The smallest absolute Gasteiger partial charge is 0.233 e. The molecule has 0 saturated carbocycles. The molecule has 9 heteroatoms. The lowest BCUT2D eigenvalue weighted by Crippen LogP contribution is -2.30. The van der Waals surface area contributed by atoms with Gasteiger partial charge in [0.05, 0.1) is 18.0 Å². The summed E-state index contributed by atoms with van der Waals surface area (Å²) in [5.74, 6) is 0.679. The summed E-state index contributed by atoms with van der Waals surface area (Å²) < 4.78 is 6.69. The third-order valence-corrected chi connectivity index (χ3v) is 5.04. The molecule has 0 aliphatic rings. The average Bonchev–Trinajstić information content (AvgIpc) is 3.14. The van der Waals surface area contributed by atoms with E-state index in [2.05, 4.69) is 20.8 Å². The summed E-state index contributed by atoms with van der Waals surface area (Å²) in [7, 11) is 1.62. The third kappa shape index (κ3) is 4.99. The number of carbonyl (C=O) groups is 1. The number of rotatable bonds is 7. The van der Waals surface area contributed by atoms with Crippen molar-refractivity contribution in [3.05, 3.63) is 59.1 Å². The molecule has 0 saturated heterocycles. The predicted octanol–water partition coefficient (Wildman–Crippen LogP) is 3.12. The number of aromatic nitrogens is 4. The van der Waals surface area contributed by atoms with Gasteiger partial charge in [0, 0.05) is 11.6 Å². The number of nitrogens with one attached hydrogen (secondary N) is 1. The first kappa shape index (κ1) is 19.2. The standard InChI is InChI=1S/C18H18ClN5O2S/c1-12(17(25)20-11-13-6-8-16(26-2)9-7-13)27-18-21-22-23-24(18)15-5-3-4-14(19)10-15/h3-10,12H,11H2,1-2H3,(H,20,25)/t12-/m0/s1. The first-order valence-corrected chi connectivity index (χ1v) is 9.44. The van der Waals surface area contributed by atoms with Crippen molar-refractivity contribution in [2.75, 3.05) is 7.11 Å². The van der Waals surface area contributed by atoms with Gasteiger partial charge < -0.3 is 10.1 Å². The molecule has 2 aromatic carbocycles. The van der Waals surface area contributed by atoms with Crippen LogP contribution in [0.5, 0.6) is 5.75 Å². The van der Waals surface area contributed by atoms with Crippen molar-refractivity contribution in [3.63, 3.8) is 0 Å². The number of halogens is 1. The Labute approximate surface area is 166 Å². The van der Waals surface area contributed by atoms with Crippen LogP contribution in [0.4, 0.5) is 0 Å². The van der Waals surface area contributed by atoms with Gasteiger partial charge in [0.1, 0.15) is 5.75 Å². The molecule has 1 aromatic heterocycles. The molecule has 0 unspecified atom stereocenters. The second kappa shape index (κ2) is 8.88. The molecule has 1 atom stereocenters. The van der Waals surface area contributed by atoms with Crippen LogP contribution in [0, 0.1) is 0 Å². The van der Waals surface area contributed by atoms with Gasteiger partial charge in [-0.15, -0.1) is 5.10 Å². The van der Waals surface area contributed by atoms with Crippen molar-refractivity contribution in [2.24, 2.45) is 0 Å². The summed E-state index contributed by atoms with van der Waals surface area (Å²) in [6.45, 7) is 2.25. The number of carbonyl (C=O) groups excluding carboxylic acids is 1. The summed E-state index contributed by atoms with van der Waals surface area (Å²) in [5, 5.41) is 15.4. The predicted molar refractivity (Wildman–Crippen MR) is 104 cm³/mol. The SMILES string of the molecule is COc1ccc(CNC(=O)[C@H](C)Sc2nnnn2-c2cccc(Cl)c2)cc1. The van der Waals surface area contributed by atoms with Gasteiger partial charge in [-0.05, 0) is 53.2 Å². The monoisotopic (exact) mass is 403 g/mol. The molecule has 0 spiro atoms. The number of hydrogen-bond acceptors (Lipinski definition) is 6. The van der Waals surface area contributed by atoms with Crippen molar-refractivity contribution in [2.45, 2.75) is 23.9 Å². The quantitative estimate of drug-likeness (QED) is 0.610. The number of amides is 1. The summed E-state index contributed by atoms with van der Waals surface area (Å²) >= 11 is 7.31. The van der Waals surface area contributed by atoms with Gasteiger partial charge in [-0.2, -0.15) is 4.68 Å². The summed E-state index contributed by atoms with van der Waals surface area (Å²) in [4.78, 5) is 12.4. The van der Waals surface area contributed by atoms with Crippen LogP contribution in [0.2, 0.25) is 5.02 Å². The Bertz CT molecular complexity index is 916. The highest BCUT2D eigenvalue weighted by Gasteiger charge is 2.19. The normalized spacial score (nSPS) is 11.8. The number of thioether (sulfide) groups is 1. The van der Waals surface area contributed by atoms with Crippen molar-refractivity contribution in [3.8, 4) is 11.4 Å². The largest absolute Gasteiger partial charge is 0.497 e. The number of hydrogen-bond donors (Lipinski definition) is 1. The Balaban J connectivity index is 1.61. The molecule has 0 aliphatic heterocycles. The number of tetrazole rings is 1. The molecule has 27 heavy (non-hydrogen) atoms. The zero-order valence-electron chi connectivity index (χ0n) is 14.8. The van der Waals surface area contributed by atoms with Crippen LogP contribution >= 0.6 is 23.4 Å². The zero-order valence-corrected chi connectivity index (χ0v) is 16.4. The van der Waals surface area contributed by atoms with E-state index in [4.69, 9.17) is 16.3 Å².